The van der Waals surface area contributed by atoms with Crippen LogP contribution < -0.4 is 0 Å². The molecular weight excluding hydrogens is 226 g/mol. The Bertz CT molecular complexity index is 411. The zero-order valence-corrected chi connectivity index (χ0v) is 11.1. The molecule has 1 aliphatic heterocycles. The van der Waals surface area contributed by atoms with Gasteiger partial charge in [-0.2, -0.15) is 0 Å². The fourth-order valence-corrected chi connectivity index (χ4v) is 2.56. The minimum absolute atomic E-state index is 0.361. The predicted octanol–water partition coefficient (Wildman–Crippen LogP) is 2.86. The van der Waals surface area contributed by atoms with Crippen molar-refractivity contribution in [2.75, 3.05) is 13.1 Å². The SMILES string of the molecule is CC(C)C1CCN(Cc2ccc(C(=O)O)cc2)C1. The Balaban J connectivity index is 1.92. The molecule has 1 N–H and O–H groups in total. The molecule has 0 aromatic heterocycles. The predicted molar refractivity (Wildman–Crippen MR) is 71.6 cm³/mol. The van der Waals surface area contributed by atoms with E-state index in [9.17, 15) is 4.79 Å². The van der Waals surface area contributed by atoms with E-state index in [4.69, 9.17) is 5.11 Å². The first-order valence-electron chi connectivity index (χ1n) is 6.61. The number of carbonyl (C=O) groups is 1. The lowest BCUT2D eigenvalue weighted by Crippen LogP contribution is -2.21. The summed E-state index contributed by atoms with van der Waals surface area (Å²) in [6.07, 6.45) is 1.28. The first-order chi connectivity index (χ1) is 8.56. The van der Waals surface area contributed by atoms with Crippen molar-refractivity contribution in [1.82, 2.24) is 4.90 Å². The molecule has 1 aliphatic rings. The average molecular weight is 247 g/mol. The fourth-order valence-electron chi connectivity index (χ4n) is 2.56. The van der Waals surface area contributed by atoms with Gasteiger partial charge in [-0.15, -0.1) is 0 Å². The van der Waals surface area contributed by atoms with E-state index in [1.54, 1.807) is 12.1 Å². The first kappa shape index (κ1) is 13.1. The Kier molecular flexibility index (Phi) is 4.02. The Morgan fingerprint density at radius 1 is 1.39 bits per heavy atom. The lowest BCUT2D eigenvalue weighted by atomic mass is 9.95. The molecule has 1 aromatic rings. The van der Waals surface area contributed by atoms with Crippen molar-refractivity contribution < 1.29 is 9.90 Å². The normalized spacial score (nSPS) is 20.5. The zero-order valence-electron chi connectivity index (χ0n) is 11.1. The molecule has 1 aromatic carbocycles. The smallest absolute Gasteiger partial charge is 0.335 e. The van der Waals surface area contributed by atoms with E-state index in [0.29, 0.717) is 5.56 Å². The van der Waals surface area contributed by atoms with E-state index in [-0.39, 0.29) is 0 Å². The minimum Gasteiger partial charge on any atom is -0.478 e. The maximum atomic E-state index is 10.8. The van der Waals surface area contributed by atoms with Crippen molar-refractivity contribution in [3.05, 3.63) is 35.4 Å². The van der Waals surface area contributed by atoms with Crippen molar-refractivity contribution in [2.24, 2.45) is 11.8 Å². The van der Waals surface area contributed by atoms with Crippen molar-refractivity contribution in [3.63, 3.8) is 0 Å². The van der Waals surface area contributed by atoms with Gasteiger partial charge in [0.1, 0.15) is 0 Å². The van der Waals surface area contributed by atoms with Gasteiger partial charge in [-0.25, -0.2) is 4.79 Å². The Labute approximate surface area is 108 Å². The van der Waals surface area contributed by atoms with Gasteiger partial charge in [-0.05, 0) is 42.5 Å². The molecule has 1 atom stereocenters. The monoisotopic (exact) mass is 247 g/mol. The number of rotatable bonds is 4. The van der Waals surface area contributed by atoms with Crippen LogP contribution in [0.2, 0.25) is 0 Å². The molecule has 0 aliphatic carbocycles. The molecule has 0 saturated carbocycles. The number of carboxylic acid groups (broad SMARTS) is 1. The third-order valence-electron chi connectivity index (χ3n) is 3.86. The maximum absolute atomic E-state index is 10.8. The Morgan fingerprint density at radius 3 is 2.56 bits per heavy atom. The number of nitrogens with zero attached hydrogens (tertiary/aromatic N) is 1. The molecule has 98 valence electrons. The zero-order chi connectivity index (χ0) is 13.1. The molecule has 3 nitrogen and oxygen atoms in total. The second-order valence-electron chi connectivity index (χ2n) is 5.53. The molecule has 3 heteroatoms. The van der Waals surface area contributed by atoms with E-state index in [0.717, 1.165) is 24.9 Å². The van der Waals surface area contributed by atoms with E-state index in [1.807, 2.05) is 12.1 Å². The number of likely N-dealkylation sites (tertiary alicyclic amines) is 1. The van der Waals surface area contributed by atoms with Gasteiger partial charge in [-0.1, -0.05) is 26.0 Å². The summed E-state index contributed by atoms with van der Waals surface area (Å²) in [5.41, 5.74) is 1.56. The van der Waals surface area contributed by atoms with Crippen LogP contribution in [0.25, 0.3) is 0 Å². The highest BCUT2D eigenvalue weighted by atomic mass is 16.4. The first-order valence-corrected chi connectivity index (χ1v) is 6.61. The van der Waals surface area contributed by atoms with Crippen molar-refractivity contribution >= 4 is 5.97 Å². The third-order valence-corrected chi connectivity index (χ3v) is 3.86. The lowest BCUT2D eigenvalue weighted by Gasteiger charge is -2.17. The van der Waals surface area contributed by atoms with Crippen LogP contribution in [0, 0.1) is 11.8 Å². The summed E-state index contributed by atoms with van der Waals surface area (Å²) in [5.74, 6) is 0.704. The Morgan fingerprint density at radius 2 is 2.06 bits per heavy atom. The molecule has 18 heavy (non-hydrogen) atoms. The van der Waals surface area contributed by atoms with E-state index in [2.05, 4.69) is 18.7 Å². The van der Waals surface area contributed by atoms with Crippen LogP contribution in [0.1, 0.15) is 36.2 Å². The van der Waals surface area contributed by atoms with Crippen LogP contribution in [0.5, 0.6) is 0 Å². The number of benzene rings is 1. The number of hydrogen-bond donors (Lipinski definition) is 1. The molecule has 1 saturated heterocycles. The maximum Gasteiger partial charge on any atom is 0.335 e. The second kappa shape index (κ2) is 5.53. The van der Waals surface area contributed by atoms with Gasteiger partial charge in [-0.3, -0.25) is 4.90 Å². The van der Waals surface area contributed by atoms with E-state index < -0.39 is 5.97 Å². The molecule has 2 rings (SSSR count). The van der Waals surface area contributed by atoms with Gasteiger partial charge in [0.15, 0.2) is 0 Å². The Hall–Kier alpha value is -1.35. The van der Waals surface area contributed by atoms with Gasteiger partial charge in [0.05, 0.1) is 5.56 Å². The summed E-state index contributed by atoms with van der Waals surface area (Å²) in [5, 5.41) is 8.85. The van der Waals surface area contributed by atoms with Crippen molar-refractivity contribution in [1.29, 1.82) is 0 Å². The molecule has 1 heterocycles. The summed E-state index contributed by atoms with van der Waals surface area (Å²) in [4.78, 5) is 13.2. The molecule has 0 spiro atoms. The van der Waals surface area contributed by atoms with Gasteiger partial charge in [0.2, 0.25) is 0 Å². The standard InChI is InChI=1S/C15H21NO2/c1-11(2)14-7-8-16(10-14)9-12-3-5-13(6-4-12)15(17)18/h3-6,11,14H,7-10H2,1-2H3,(H,17,18). The van der Waals surface area contributed by atoms with Crippen molar-refractivity contribution in [3.8, 4) is 0 Å². The largest absolute Gasteiger partial charge is 0.478 e. The quantitative estimate of drug-likeness (QED) is 0.889. The third kappa shape index (κ3) is 3.10. The van der Waals surface area contributed by atoms with Gasteiger partial charge in [0, 0.05) is 13.1 Å². The average Bonchev–Trinajstić information content (AvgIpc) is 2.78. The summed E-state index contributed by atoms with van der Waals surface area (Å²) in [6, 6.07) is 7.22. The number of carboxylic acids is 1. The highest BCUT2D eigenvalue weighted by Gasteiger charge is 2.24. The van der Waals surface area contributed by atoms with E-state index >= 15 is 0 Å². The fraction of sp³-hybridized carbons (Fsp3) is 0.533. The summed E-state index contributed by atoms with van der Waals surface area (Å²) >= 11 is 0. The van der Waals surface area contributed by atoms with Crippen molar-refractivity contribution in [2.45, 2.75) is 26.8 Å². The molecule has 0 radical (unpaired) electrons. The lowest BCUT2D eigenvalue weighted by molar-refractivity contribution is 0.0697. The molecule has 0 amide bonds. The number of hydrogen-bond acceptors (Lipinski definition) is 2. The van der Waals surface area contributed by atoms with Crippen LogP contribution in [0.3, 0.4) is 0 Å². The molecule has 1 fully saturated rings. The topological polar surface area (TPSA) is 40.5 Å². The summed E-state index contributed by atoms with van der Waals surface area (Å²) in [6.45, 7) is 7.83. The minimum atomic E-state index is -0.859. The van der Waals surface area contributed by atoms with Crippen LogP contribution in [0.15, 0.2) is 24.3 Å². The van der Waals surface area contributed by atoms with Crippen LogP contribution in [-0.2, 0) is 6.54 Å². The van der Waals surface area contributed by atoms with Crippen LogP contribution in [-0.4, -0.2) is 29.1 Å². The highest BCUT2D eigenvalue weighted by Crippen LogP contribution is 2.24. The molecule has 0 bridgehead atoms. The summed E-state index contributed by atoms with van der Waals surface area (Å²) < 4.78 is 0. The van der Waals surface area contributed by atoms with Crippen LogP contribution >= 0.6 is 0 Å². The van der Waals surface area contributed by atoms with Crippen LogP contribution in [0.4, 0.5) is 0 Å². The second-order valence-corrected chi connectivity index (χ2v) is 5.53. The summed E-state index contributed by atoms with van der Waals surface area (Å²) in [7, 11) is 0. The number of aromatic carboxylic acids is 1. The molecular formula is C15H21NO2. The molecule has 1 unspecified atom stereocenters. The van der Waals surface area contributed by atoms with Gasteiger partial charge in [0.25, 0.3) is 0 Å². The van der Waals surface area contributed by atoms with Gasteiger partial charge < -0.3 is 5.11 Å². The van der Waals surface area contributed by atoms with Gasteiger partial charge >= 0.3 is 5.97 Å². The van der Waals surface area contributed by atoms with E-state index in [1.165, 1.54) is 18.5 Å². The highest BCUT2D eigenvalue weighted by molar-refractivity contribution is 5.87.